The number of thioether (sulfide) groups is 2. The summed E-state index contributed by atoms with van der Waals surface area (Å²) in [5.74, 6) is 3.17. The summed E-state index contributed by atoms with van der Waals surface area (Å²) in [5, 5.41) is 5.04. The molecule has 0 saturated heterocycles. The summed E-state index contributed by atoms with van der Waals surface area (Å²) in [5.41, 5.74) is 2.59. The Balaban J connectivity index is 1.34. The smallest absolute Gasteiger partial charge is 0.161 e. The zero-order valence-corrected chi connectivity index (χ0v) is 24.0. The average molecular weight is 569 g/mol. The zero-order chi connectivity index (χ0) is 27.0. The van der Waals surface area contributed by atoms with Gasteiger partial charge in [-0.1, -0.05) is 72.8 Å². The van der Waals surface area contributed by atoms with Gasteiger partial charge in [0.1, 0.15) is 13.2 Å². The highest BCUT2D eigenvalue weighted by molar-refractivity contribution is 7.99. The highest BCUT2D eigenvalue weighted by Crippen LogP contribution is 2.45. The largest absolute Gasteiger partial charge is 0.487 e. The number of hydrogen-bond donors (Lipinski definition) is 0. The highest BCUT2D eigenvalue weighted by Gasteiger charge is 2.18. The molecule has 0 aromatic heterocycles. The number of hydrogen-bond acceptors (Lipinski definition) is 6. The van der Waals surface area contributed by atoms with Crippen molar-refractivity contribution in [3.05, 3.63) is 97.1 Å². The van der Waals surface area contributed by atoms with Crippen molar-refractivity contribution in [3.8, 4) is 22.6 Å². The fourth-order valence-electron chi connectivity index (χ4n) is 4.99. The van der Waals surface area contributed by atoms with Crippen molar-refractivity contribution in [2.45, 2.75) is 9.79 Å². The van der Waals surface area contributed by atoms with Crippen LogP contribution in [0.3, 0.4) is 0 Å². The van der Waals surface area contributed by atoms with E-state index in [1.54, 1.807) is 0 Å². The van der Waals surface area contributed by atoms with Gasteiger partial charge in [0.15, 0.2) is 11.5 Å². The molecule has 5 aromatic carbocycles. The van der Waals surface area contributed by atoms with E-state index in [2.05, 4.69) is 72.8 Å². The van der Waals surface area contributed by atoms with Crippen molar-refractivity contribution in [1.82, 2.24) is 0 Å². The van der Waals surface area contributed by atoms with Crippen molar-refractivity contribution in [3.63, 3.8) is 0 Å². The Morgan fingerprint density at radius 3 is 1.38 bits per heavy atom. The van der Waals surface area contributed by atoms with Crippen LogP contribution in [0.25, 0.3) is 32.7 Å². The molecule has 0 aliphatic carbocycles. The topological polar surface area (TPSA) is 36.9 Å². The molecule has 6 heteroatoms. The molecule has 4 nitrogen and oxygen atoms in total. The monoisotopic (exact) mass is 568 g/mol. The fourth-order valence-corrected chi connectivity index (χ4v) is 6.88. The molecule has 0 bridgehead atoms. The molecule has 204 valence electrons. The SMILES string of the molecule is c1ccc2c(c1)OCCOCCSc1ccc3ccccc3c1-c1c(ccc3ccccc13)SCCOCCO2. The Morgan fingerprint density at radius 2 is 0.875 bits per heavy atom. The lowest BCUT2D eigenvalue weighted by Crippen LogP contribution is -2.11. The van der Waals surface area contributed by atoms with Gasteiger partial charge < -0.3 is 18.9 Å². The molecule has 0 atom stereocenters. The predicted octanol–water partition coefficient (Wildman–Crippen LogP) is 8.35. The first-order chi connectivity index (χ1) is 19.9. The quantitative estimate of drug-likeness (QED) is 0.187. The van der Waals surface area contributed by atoms with E-state index in [0.717, 1.165) is 23.0 Å². The zero-order valence-electron chi connectivity index (χ0n) is 22.3. The van der Waals surface area contributed by atoms with Gasteiger partial charge in [0.25, 0.3) is 0 Å². The Bertz CT molecular complexity index is 1470. The second-order valence-electron chi connectivity index (χ2n) is 9.38. The van der Waals surface area contributed by atoms with Gasteiger partial charge in [-0.25, -0.2) is 0 Å². The van der Waals surface area contributed by atoms with Gasteiger partial charge >= 0.3 is 0 Å². The van der Waals surface area contributed by atoms with E-state index in [-0.39, 0.29) is 0 Å². The Labute approximate surface area is 244 Å². The van der Waals surface area contributed by atoms with Gasteiger partial charge in [0, 0.05) is 32.4 Å². The maximum absolute atomic E-state index is 5.96. The molecule has 5 aromatic rings. The van der Waals surface area contributed by atoms with Crippen LogP contribution < -0.4 is 9.47 Å². The summed E-state index contributed by atoms with van der Waals surface area (Å²) in [6, 6.07) is 34.2. The van der Waals surface area contributed by atoms with E-state index in [4.69, 9.17) is 18.9 Å². The molecule has 0 amide bonds. The second kappa shape index (κ2) is 13.5. The average Bonchev–Trinajstić information content (AvgIpc) is 3.00. The van der Waals surface area contributed by atoms with Gasteiger partial charge in [-0.2, -0.15) is 0 Å². The molecule has 1 aliphatic rings. The maximum Gasteiger partial charge on any atom is 0.161 e. The number of para-hydroxylation sites is 2. The molecule has 0 fully saturated rings. The van der Waals surface area contributed by atoms with E-state index in [1.165, 1.54) is 42.5 Å². The maximum atomic E-state index is 5.96. The van der Waals surface area contributed by atoms with Crippen molar-refractivity contribution in [1.29, 1.82) is 0 Å². The van der Waals surface area contributed by atoms with Crippen LogP contribution in [0.2, 0.25) is 0 Å². The van der Waals surface area contributed by atoms with Gasteiger partial charge in [0.05, 0.1) is 26.4 Å². The number of ether oxygens (including phenoxy) is 4. The second-order valence-corrected chi connectivity index (χ2v) is 11.7. The third-order valence-electron chi connectivity index (χ3n) is 6.82. The number of fused-ring (bicyclic) bond motifs is 8. The predicted molar refractivity (Wildman–Crippen MR) is 167 cm³/mol. The minimum Gasteiger partial charge on any atom is -0.487 e. The molecule has 40 heavy (non-hydrogen) atoms. The molecule has 0 unspecified atom stereocenters. The lowest BCUT2D eigenvalue weighted by atomic mass is 9.94. The first-order valence-corrected chi connectivity index (χ1v) is 15.7. The summed E-state index contributed by atoms with van der Waals surface area (Å²) in [7, 11) is 0. The van der Waals surface area contributed by atoms with Crippen molar-refractivity contribution in [2.24, 2.45) is 0 Å². The molecular weight excluding hydrogens is 537 g/mol. The molecule has 1 aliphatic heterocycles. The van der Waals surface area contributed by atoms with Gasteiger partial charge in [-0.05, 0) is 45.8 Å². The first kappa shape index (κ1) is 27.0. The van der Waals surface area contributed by atoms with Crippen LogP contribution in [0.15, 0.2) is 107 Å². The summed E-state index contributed by atoms with van der Waals surface area (Å²) in [6.07, 6.45) is 0. The van der Waals surface area contributed by atoms with Gasteiger partial charge in [0.2, 0.25) is 0 Å². The van der Waals surface area contributed by atoms with Crippen LogP contribution >= 0.6 is 23.5 Å². The summed E-state index contributed by atoms with van der Waals surface area (Å²) in [6.45, 7) is 3.28. The van der Waals surface area contributed by atoms with E-state index in [9.17, 15) is 0 Å². The lowest BCUT2D eigenvalue weighted by molar-refractivity contribution is 0.102. The number of benzene rings is 5. The third-order valence-corrected chi connectivity index (χ3v) is 8.87. The summed E-state index contributed by atoms with van der Waals surface area (Å²) < 4.78 is 23.8. The molecule has 0 saturated carbocycles. The van der Waals surface area contributed by atoms with E-state index in [0.29, 0.717) is 39.6 Å². The molecule has 6 rings (SSSR count). The van der Waals surface area contributed by atoms with E-state index < -0.39 is 0 Å². The van der Waals surface area contributed by atoms with Crippen LogP contribution in [0, 0.1) is 0 Å². The van der Waals surface area contributed by atoms with Crippen LogP contribution in [0.5, 0.6) is 11.5 Å². The van der Waals surface area contributed by atoms with Crippen molar-refractivity contribution in [2.75, 3.05) is 51.1 Å². The van der Waals surface area contributed by atoms with E-state index >= 15 is 0 Å². The van der Waals surface area contributed by atoms with Crippen molar-refractivity contribution >= 4 is 45.1 Å². The molecule has 0 spiro atoms. The molecule has 0 N–H and O–H groups in total. The van der Waals surface area contributed by atoms with Crippen LogP contribution in [0.1, 0.15) is 0 Å². The lowest BCUT2D eigenvalue weighted by Gasteiger charge is -2.19. The van der Waals surface area contributed by atoms with Crippen LogP contribution in [0.4, 0.5) is 0 Å². The van der Waals surface area contributed by atoms with Crippen molar-refractivity contribution < 1.29 is 18.9 Å². The Hall–Kier alpha value is -3.16. The first-order valence-electron chi connectivity index (χ1n) is 13.7. The van der Waals surface area contributed by atoms with Crippen LogP contribution in [-0.2, 0) is 9.47 Å². The summed E-state index contributed by atoms with van der Waals surface area (Å²) >= 11 is 3.70. The molecule has 0 radical (unpaired) electrons. The fraction of sp³-hybridized carbons (Fsp3) is 0.235. The minimum absolute atomic E-state index is 0.472. The minimum atomic E-state index is 0.472. The molecule has 1 heterocycles. The Kier molecular flexibility index (Phi) is 9.10. The highest BCUT2D eigenvalue weighted by atomic mass is 32.2. The standard InChI is InChI=1S/C34H32O4S2/c1-3-9-27-25(7-1)13-15-31-33(27)34-28-10-4-2-8-26(28)14-16-32(34)40-24-22-36-18-20-38-30-12-6-5-11-29(30)37-19-17-35-21-23-39-31/h1-16H,17-24H2. The third kappa shape index (κ3) is 6.26. The summed E-state index contributed by atoms with van der Waals surface area (Å²) in [4.78, 5) is 2.54. The van der Waals surface area contributed by atoms with Gasteiger partial charge in [-0.3, -0.25) is 0 Å². The Morgan fingerprint density at radius 1 is 0.425 bits per heavy atom. The van der Waals surface area contributed by atoms with Gasteiger partial charge in [-0.15, -0.1) is 23.5 Å². The normalized spacial score (nSPS) is 15.7. The number of rotatable bonds is 0. The van der Waals surface area contributed by atoms with Crippen LogP contribution in [-0.4, -0.2) is 51.1 Å². The van der Waals surface area contributed by atoms with E-state index in [1.807, 2.05) is 47.8 Å². The molecular formula is C34H32O4S2.